The molecule has 286 valence electrons. The van der Waals surface area contributed by atoms with E-state index in [0.717, 1.165) is 75.1 Å². The molecule has 0 fully saturated rings. The fourth-order valence-corrected chi connectivity index (χ4v) is 7.33. The summed E-state index contributed by atoms with van der Waals surface area (Å²) in [4.78, 5) is 29.7. The van der Waals surface area contributed by atoms with E-state index in [9.17, 15) is 4.79 Å². The first kappa shape index (κ1) is 41.0. The molecule has 0 spiro atoms. The van der Waals surface area contributed by atoms with E-state index in [-0.39, 0.29) is 5.78 Å². The van der Waals surface area contributed by atoms with Gasteiger partial charge in [-0.2, -0.15) is 0 Å². The standard InChI is InChI=1S/C21H27N3O3Si.C19H24BrN3O2Si/c1-15(25)19-13-22-21-18(23-19)12-20(16-6-8-17(26-2)9-7-16)24(21)14-27-10-11-28(3,4)5;1-24-15-7-5-14(6-8-15)17-11-16-19(21-12-18(20)22-16)23(17)13-25-9-10-26(2,3)4/h6-9,12-13H,10-11,14H2,1-5H3;5-8,11-12H,9-10,13H2,1-4H3. The lowest BCUT2D eigenvalue weighted by atomic mass is 10.1. The van der Waals surface area contributed by atoms with Gasteiger partial charge in [0.2, 0.25) is 0 Å². The SMILES string of the molecule is COc1ccc(-c2cc3nc(Br)cnc3n2COCC[Si](C)(C)C)cc1.COc1ccc(-c2cc3nc(C(C)=O)cnc3n2COCC[Si](C)(C)C)cc1. The van der Waals surface area contributed by atoms with Crippen LogP contribution in [-0.2, 0) is 22.9 Å². The molecule has 0 aliphatic rings. The molecule has 14 heteroatoms. The number of hydrogen-bond donors (Lipinski definition) is 0. The number of ketones is 1. The summed E-state index contributed by atoms with van der Waals surface area (Å²) in [5, 5.41) is 0. The number of carbonyl (C=O) groups is 1. The summed E-state index contributed by atoms with van der Waals surface area (Å²) >= 11 is 3.40. The summed E-state index contributed by atoms with van der Waals surface area (Å²) < 4.78 is 27.3. The summed E-state index contributed by atoms with van der Waals surface area (Å²) in [5.41, 5.74) is 7.52. The molecule has 0 amide bonds. The number of nitrogens with zero attached hydrogens (tertiary/aromatic N) is 6. The normalized spacial score (nSPS) is 11.8. The van der Waals surface area contributed by atoms with Crippen LogP contribution in [0, 0.1) is 0 Å². The molecule has 0 unspecified atom stereocenters. The highest BCUT2D eigenvalue weighted by Crippen LogP contribution is 2.30. The Labute approximate surface area is 328 Å². The van der Waals surface area contributed by atoms with Crippen LogP contribution in [0.1, 0.15) is 17.4 Å². The number of benzene rings is 2. The van der Waals surface area contributed by atoms with Crippen LogP contribution in [0.4, 0.5) is 0 Å². The van der Waals surface area contributed by atoms with E-state index in [1.807, 2.05) is 59.2 Å². The smallest absolute Gasteiger partial charge is 0.179 e. The average molecular weight is 832 g/mol. The second-order valence-corrected chi connectivity index (χ2v) is 27.5. The largest absolute Gasteiger partial charge is 0.497 e. The lowest BCUT2D eigenvalue weighted by Crippen LogP contribution is -2.22. The maximum absolute atomic E-state index is 11.7. The summed E-state index contributed by atoms with van der Waals surface area (Å²) in [7, 11) is 1.05. The van der Waals surface area contributed by atoms with Crippen LogP contribution in [-0.4, -0.2) is 78.4 Å². The molecule has 0 bridgehead atoms. The fraction of sp³-hybridized carbons (Fsp3) is 0.375. The van der Waals surface area contributed by atoms with Crippen LogP contribution in [0.5, 0.6) is 11.5 Å². The van der Waals surface area contributed by atoms with Gasteiger partial charge in [-0.3, -0.25) is 13.9 Å². The van der Waals surface area contributed by atoms with Gasteiger partial charge in [-0.05, 0) is 99.8 Å². The molecule has 54 heavy (non-hydrogen) atoms. The van der Waals surface area contributed by atoms with Gasteiger partial charge in [-0.1, -0.05) is 39.3 Å². The van der Waals surface area contributed by atoms with E-state index in [4.69, 9.17) is 18.9 Å². The number of methoxy groups -OCH3 is 2. The third kappa shape index (κ3) is 10.9. The van der Waals surface area contributed by atoms with Crippen LogP contribution in [0.15, 0.2) is 77.7 Å². The molecule has 11 nitrogen and oxygen atoms in total. The van der Waals surface area contributed by atoms with Crippen molar-refractivity contribution < 1.29 is 23.7 Å². The highest BCUT2D eigenvalue weighted by atomic mass is 79.9. The number of ether oxygens (including phenoxy) is 4. The molecular formula is C40H51BrN6O5Si2. The van der Waals surface area contributed by atoms with Crippen LogP contribution in [0.2, 0.25) is 51.4 Å². The van der Waals surface area contributed by atoms with Crippen molar-refractivity contribution in [3.8, 4) is 34.0 Å². The zero-order valence-electron chi connectivity index (χ0n) is 32.8. The van der Waals surface area contributed by atoms with Crippen molar-refractivity contribution in [2.45, 2.75) is 71.8 Å². The first-order chi connectivity index (χ1) is 25.7. The van der Waals surface area contributed by atoms with E-state index in [0.29, 0.717) is 30.3 Å². The molecular weight excluding hydrogens is 781 g/mol. The van der Waals surface area contributed by atoms with Crippen LogP contribution in [0.25, 0.3) is 44.8 Å². The van der Waals surface area contributed by atoms with Crippen molar-refractivity contribution in [2.24, 2.45) is 0 Å². The number of rotatable bonds is 15. The minimum Gasteiger partial charge on any atom is -0.497 e. The molecule has 0 saturated heterocycles. The van der Waals surface area contributed by atoms with Gasteiger partial charge in [0.1, 0.15) is 46.3 Å². The highest BCUT2D eigenvalue weighted by molar-refractivity contribution is 9.10. The number of Topliss-reactive ketones (excluding diaryl/α,β-unsaturated/α-hetero) is 1. The number of hydrogen-bond acceptors (Lipinski definition) is 9. The highest BCUT2D eigenvalue weighted by Gasteiger charge is 2.18. The van der Waals surface area contributed by atoms with Gasteiger partial charge < -0.3 is 18.9 Å². The first-order valence-corrected chi connectivity index (χ1v) is 26.2. The van der Waals surface area contributed by atoms with Gasteiger partial charge in [-0.15, -0.1) is 0 Å². The molecule has 4 aromatic heterocycles. The summed E-state index contributed by atoms with van der Waals surface area (Å²) in [5.74, 6) is 1.54. The van der Waals surface area contributed by atoms with Gasteiger partial charge in [0.05, 0.1) is 38.0 Å². The van der Waals surface area contributed by atoms with Gasteiger partial charge in [-0.25, -0.2) is 19.9 Å². The lowest BCUT2D eigenvalue weighted by molar-refractivity contribution is 0.0908. The molecule has 0 N–H and O–H groups in total. The van der Waals surface area contributed by atoms with Crippen LogP contribution >= 0.6 is 15.9 Å². The Morgan fingerprint density at radius 3 is 1.50 bits per heavy atom. The molecule has 0 radical (unpaired) electrons. The minimum absolute atomic E-state index is 0.0977. The second-order valence-electron chi connectivity index (χ2n) is 15.5. The number of aromatic nitrogens is 6. The Balaban J connectivity index is 0.000000208. The van der Waals surface area contributed by atoms with Crippen molar-refractivity contribution in [3.05, 3.63) is 83.4 Å². The van der Waals surface area contributed by atoms with Gasteiger partial charge >= 0.3 is 0 Å². The minimum atomic E-state index is -1.15. The number of halogens is 1. The van der Waals surface area contributed by atoms with Gasteiger partial charge in [0, 0.05) is 36.3 Å². The molecule has 4 heterocycles. The Morgan fingerprint density at radius 2 is 1.09 bits per heavy atom. The fourth-order valence-electron chi connectivity index (χ4n) is 5.53. The predicted octanol–water partition coefficient (Wildman–Crippen LogP) is 9.80. The van der Waals surface area contributed by atoms with Crippen molar-refractivity contribution in [1.82, 2.24) is 29.1 Å². The lowest BCUT2D eigenvalue weighted by Gasteiger charge is -2.16. The van der Waals surface area contributed by atoms with E-state index < -0.39 is 16.1 Å². The Morgan fingerprint density at radius 1 is 0.667 bits per heavy atom. The topological polar surface area (TPSA) is 115 Å². The van der Waals surface area contributed by atoms with Crippen molar-refractivity contribution in [1.29, 1.82) is 0 Å². The second kappa shape index (κ2) is 17.9. The summed E-state index contributed by atoms with van der Waals surface area (Å²) in [6, 6.07) is 22.1. The van der Waals surface area contributed by atoms with Crippen molar-refractivity contribution in [2.75, 3.05) is 27.4 Å². The Kier molecular flexibility index (Phi) is 13.6. The van der Waals surface area contributed by atoms with E-state index in [2.05, 4.69) is 85.8 Å². The first-order valence-electron chi connectivity index (χ1n) is 18.0. The van der Waals surface area contributed by atoms with Crippen LogP contribution < -0.4 is 9.47 Å². The van der Waals surface area contributed by atoms with E-state index >= 15 is 0 Å². The summed E-state index contributed by atoms with van der Waals surface area (Å²) in [6.07, 6.45) is 3.25. The quantitative estimate of drug-likeness (QED) is 0.0567. The molecule has 0 saturated carbocycles. The van der Waals surface area contributed by atoms with E-state index in [1.165, 1.54) is 13.1 Å². The third-order valence-electron chi connectivity index (χ3n) is 8.73. The number of fused-ring (bicyclic) bond motifs is 2. The molecule has 6 rings (SSSR count). The zero-order chi connectivity index (χ0) is 39.0. The van der Waals surface area contributed by atoms with Gasteiger partial charge in [0.15, 0.2) is 17.1 Å². The van der Waals surface area contributed by atoms with Crippen molar-refractivity contribution in [3.63, 3.8) is 0 Å². The monoisotopic (exact) mass is 830 g/mol. The number of carbonyl (C=O) groups excluding carboxylic acids is 1. The summed E-state index contributed by atoms with van der Waals surface area (Å²) in [6.45, 7) is 17.9. The average Bonchev–Trinajstić information content (AvgIpc) is 3.68. The van der Waals surface area contributed by atoms with E-state index in [1.54, 1.807) is 20.4 Å². The molecule has 0 aliphatic heterocycles. The Hall–Kier alpha value is -4.22. The molecule has 6 aromatic rings. The molecule has 0 atom stereocenters. The zero-order valence-corrected chi connectivity index (χ0v) is 36.4. The maximum atomic E-state index is 11.7. The third-order valence-corrected chi connectivity index (χ3v) is 12.5. The van der Waals surface area contributed by atoms with Crippen LogP contribution in [0.3, 0.4) is 0 Å². The molecule has 0 aliphatic carbocycles. The predicted molar refractivity (Wildman–Crippen MR) is 225 cm³/mol. The Bertz CT molecular complexity index is 2170. The van der Waals surface area contributed by atoms with Crippen molar-refractivity contribution >= 4 is 60.2 Å². The van der Waals surface area contributed by atoms with Gasteiger partial charge in [0.25, 0.3) is 0 Å². The maximum Gasteiger partial charge on any atom is 0.179 e. The molecule has 2 aromatic carbocycles.